The van der Waals surface area contributed by atoms with Gasteiger partial charge in [-0.1, -0.05) is 19.8 Å². The fraction of sp³-hybridized carbons (Fsp3) is 0.529. The lowest BCUT2D eigenvalue weighted by Gasteiger charge is -2.28. The molecule has 112 valence electrons. The Kier molecular flexibility index (Phi) is 5.21. The average Bonchev–Trinajstić information content (AvgIpc) is 2.48. The maximum Gasteiger partial charge on any atom is 0.260 e. The van der Waals surface area contributed by atoms with Gasteiger partial charge >= 0.3 is 0 Å². The summed E-state index contributed by atoms with van der Waals surface area (Å²) in [7, 11) is 0. The Balaban J connectivity index is 1.85. The molecule has 1 aromatic rings. The summed E-state index contributed by atoms with van der Waals surface area (Å²) in [4.78, 5) is 12.2. The highest BCUT2D eigenvalue weighted by molar-refractivity contribution is 5.81. The van der Waals surface area contributed by atoms with Crippen LogP contribution in [0.5, 0.6) is 5.75 Å². The summed E-state index contributed by atoms with van der Waals surface area (Å²) in [5.74, 6) is 1.21. The number of carbonyl (C=O) groups excluding carboxylic acids is 1. The SMILES string of the molecule is CC1CCCC(NC(=O)C(C)Oc2ccc(C#N)cc2)C1. The maximum atomic E-state index is 12.2. The van der Waals surface area contributed by atoms with Gasteiger partial charge in [0.1, 0.15) is 5.75 Å². The van der Waals surface area contributed by atoms with Gasteiger partial charge < -0.3 is 10.1 Å². The van der Waals surface area contributed by atoms with Crippen molar-refractivity contribution in [3.8, 4) is 11.8 Å². The highest BCUT2D eigenvalue weighted by atomic mass is 16.5. The largest absolute Gasteiger partial charge is 0.481 e. The Hall–Kier alpha value is -2.02. The van der Waals surface area contributed by atoms with Crippen LogP contribution in [0.15, 0.2) is 24.3 Å². The van der Waals surface area contributed by atoms with Gasteiger partial charge in [0.25, 0.3) is 5.91 Å². The number of ether oxygens (including phenoxy) is 1. The predicted molar refractivity (Wildman–Crippen MR) is 80.8 cm³/mol. The van der Waals surface area contributed by atoms with E-state index in [-0.39, 0.29) is 11.9 Å². The van der Waals surface area contributed by atoms with Crippen LogP contribution in [-0.4, -0.2) is 18.1 Å². The van der Waals surface area contributed by atoms with Gasteiger partial charge in [0.05, 0.1) is 11.6 Å². The van der Waals surface area contributed by atoms with Gasteiger partial charge in [-0.15, -0.1) is 0 Å². The van der Waals surface area contributed by atoms with Gasteiger partial charge in [-0.25, -0.2) is 0 Å². The van der Waals surface area contributed by atoms with Gasteiger partial charge in [0, 0.05) is 6.04 Å². The molecule has 1 aliphatic carbocycles. The highest BCUT2D eigenvalue weighted by Gasteiger charge is 2.23. The Morgan fingerprint density at radius 2 is 2.10 bits per heavy atom. The molecular formula is C17H22N2O2. The van der Waals surface area contributed by atoms with Gasteiger partial charge in [-0.2, -0.15) is 5.26 Å². The van der Waals surface area contributed by atoms with Crippen molar-refractivity contribution < 1.29 is 9.53 Å². The van der Waals surface area contributed by atoms with E-state index in [0.29, 0.717) is 17.2 Å². The average molecular weight is 286 g/mol. The molecular weight excluding hydrogens is 264 g/mol. The maximum absolute atomic E-state index is 12.2. The summed E-state index contributed by atoms with van der Waals surface area (Å²) in [6.07, 6.45) is 4.01. The fourth-order valence-corrected chi connectivity index (χ4v) is 2.75. The Morgan fingerprint density at radius 3 is 2.71 bits per heavy atom. The minimum Gasteiger partial charge on any atom is -0.481 e. The molecule has 4 nitrogen and oxygen atoms in total. The van der Waals surface area contributed by atoms with Crippen molar-refractivity contribution in [3.63, 3.8) is 0 Å². The number of rotatable bonds is 4. The third kappa shape index (κ3) is 4.49. The van der Waals surface area contributed by atoms with Crippen LogP contribution in [0.1, 0.15) is 45.1 Å². The lowest BCUT2D eigenvalue weighted by atomic mass is 9.87. The van der Waals surface area contributed by atoms with Crippen LogP contribution in [-0.2, 0) is 4.79 Å². The summed E-state index contributed by atoms with van der Waals surface area (Å²) >= 11 is 0. The predicted octanol–water partition coefficient (Wildman–Crippen LogP) is 3.02. The summed E-state index contributed by atoms with van der Waals surface area (Å²) in [6, 6.07) is 9.12. The third-order valence-corrected chi connectivity index (χ3v) is 3.95. The molecule has 0 bridgehead atoms. The van der Waals surface area contributed by atoms with Crippen molar-refractivity contribution in [2.24, 2.45) is 5.92 Å². The summed E-state index contributed by atoms with van der Waals surface area (Å²) in [5.41, 5.74) is 0.579. The number of amides is 1. The second kappa shape index (κ2) is 7.12. The number of nitrogens with zero attached hydrogens (tertiary/aromatic N) is 1. The molecule has 2 rings (SSSR count). The van der Waals surface area contributed by atoms with Crippen LogP contribution >= 0.6 is 0 Å². The van der Waals surface area contributed by atoms with Crippen molar-refractivity contribution in [2.75, 3.05) is 0 Å². The lowest BCUT2D eigenvalue weighted by Crippen LogP contribution is -2.44. The second-order valence-electron chi connectivity index (χ2n) is 5.87. The van der Waals surface area contributed by atoms with E-state index in [1.807, 2.05) is 0 Å². The molecule has 0 aliphatic heterocycles. The first kappa shape index (κ1) is 15.4. The van der Waals surface area contributed by atoms with Gasteiger partial charge in [0.2, 0.25) is 0 Å². The van der Waals surface area contributed by atoms with Gasteiger partial charge in [0.15, 0.2) is 6.10 Å². The molecule has 21 heavy (non-hydrogen) atoms. The van der Waals surface area contributed by atoms with E-state index in [1.54, 1.807) is 31.2 Å². The smallest absolute Gasteiger partial charge is 0.260 e. The second-order valence-corrected chi connectivity index (χ2v) is 5.87. The summed E-state index contributed by atoms with van der Waals surface area (Å²) in [5, 5.41) is 11.8. The molecule has 3 unspecified atom stereocenters. The van der Waals surface area contributed by atoms with Crippen LogP contribution in [0.3, 0.4) is 0 Å². The third-order valence-electron chi connectivity index (χ3n) is 3.95. The van der Waals surface area contributed by atoms with Crippen LogP contribution in [0.4, 0.5) is 0 Å². The van der Waals surface area contributed by atoms with Crippen LogP contribution < -0.4 is 10.1 Å². The van der Waals surface area contributed by atoms with Crippen LogP contribution in [0.25, 0.3) is 0 Å². The molecule has 1 saturated carbocycles. The fourth-order valence-electron chi connectivity index (χ4n) is 2.75. The zero-order valence-electron chi connectivity index (χ0n) is 12.6. The van der Waals surface area contributed by atoms with Crippen LogP contribution in [0, 0.1) is 17.2 Å². The Morgan fingerprint density at radius 1 is 1.38 bits per heavy atom. The number of hydrogen-bond donors (Lipinski definition) is 1. The zero-order chi connectivity index (χ0) is 15.2. The Labute approximate surface area is 126 Å². The molecule has 0 radical (unpaired) electrons. The molecule has 1 fully saturated rings. The number of nitrogens with one attached hydrogen (secondary N) is 1. The normalized spacial score (nSPS) is 22.9. The topological polar surface area (TPSA) is 62.1 Å². The highest BCUT2D eigenvalue weighted by Crippen LogP contribution is 2.23. The van der Waals surface area contributed by atoms with E-state index in [9.17, 15) is 4.79 Å². The summed E-state index contributed by atoms with van der Waals surface area (Å²) < 4.78 is 5.62. The van der Waals surface area contributed by atoms with Crippen molar-refractivity contribution in [1.29, 1.82) is 5.26 Å². The van der Waals surface area contributed by atoms with E-state index >= 15 is 0 Å². The molecule has 1 amide bonds. The van der Waals surface area contributed by atoms with Crippen molar-refractivity contribution in [2.45, 2.75) is 51.7 Å². The molecule has 0 saturated heterocycles. The minimum absolute atomic E-state index is 0.0709. The lowest BCUT2D eigenvalue weighted by molar-refractivity contribution is -0.128. The standard InChI is InChI=1S/C17H22N2O2/c1-12-4-3-5-15(10-12)19-17(20)13(2)21-16-8-6-14(11-18)7-9-16/h6-9,12-13,15H,3-5,10H2,1-2H3,(H,19,20). The van der Waals surface area contributed by atoms with Crippen molar-refractivity contribution in [3.05, 3.63) is 29.8 Å². The summed E-state index contributed by atoms with van der Waals surface area (Å²) in [6.45, 7) is 3.98. The molecule has 0 spiro atoms. The van der Waals surface area contributed by atoms with E-state index in [1.165, 1.54) is 12.8 Å². The molecule has 4 heteroatoms. The van der Waals surface area contributed by atoms with Gasteiger partial charge in [-0.05, 0) is 49.9 Å². The van der Waals surface area contributed by atoms with Crippen molar-refractivity contribution in [1.82, 2.24) is 5.32 Å². The molecule has 1 aromatic carbocycles. The first-order chi connectivity index (χ1) is 10.1. The molecule has 1 N–H and O–H groups in total. The number of nitriles is 1. The van der Waals surface area contributed by atoms with Crippen LogP contribution in [0.2, 0.25) is 0 Å². The first-order valence-electron chi connectivity index (χ1n) is 7.55. The monoisotopic (exact) mass is 286 g/mol. The molecule has 1 aliphatic rings. The number of carbonyl (C=O) groups is 1. The Bertz CT molecular complexity index is 519. The quantitative estimate of drug-likeness (QED) is 0.925. The van der Waals surface area contributed by atoms with E-state index in [0.717, 1.165) is 12.8 Å². The number of benzene rings is 1. The number of hydrogen-bond acceptors (Lipinski definition) is 3. The zero-order valence-corrected chi connectivity index (χ0v) is 12.6. The van der Waals surface area contributed by atoms with E-state index < -0.39 is 6.10 Å². The van der Waals surface area contributed by atoms with E-state index in [2.05, 4.69) is 18.3 Å². The molecule has 0 aromatic heterocycles. The van der Waals surface area contributed by atoms with E-state index in [4.69, 9.17) is 10.00 Å². The van der Waals surface area contributed by atoms with Gasteiger partial charge in [-0.3, -0.25) is 4.79 Å². The molecule has 0 heterocycles. The minimum atomic E-state index is -0.532. The first-order valence-corrected chi connectivity index (χ1v) is 7.55. The van der Waals surface area contributed by atoms with Crippen molar-refractivity contribution >= 4 is 5.91 Å². The molecule has 3 atom stereocenters.